The van der Waals surface area contributed by atoms with Crippen LogP contribution in [-0.2, 0) is 0 Å². The molecule has 1 aromatic carbocycles. The molecule has 1 aromatic rings. The average Bonchev–Trinajstić information content (AvgIpc) is 2.46. The second kappa shape index (κ2) is 7.67. The van der Waals surface area contributed by atoms with Crippen LogP contribution in [0.2, 0.25) is 0 Å². The first-order valence-electron chi connectivity index (χ1n) is 7.34. The molecule has 0 aliphatic heterocycles. The van der Waals surface area contributed by atoms with Crippen LogP contribution in [0.25, 0.3) is 5.70 Å². The van der Waals surface area contributed by atoms with Crippen LogP contribution in [0.5, 0.6) is 0 Å². The van der Waals surface area contributed by atoms with Gasteiger partial charge in [-0.25, -0.2) is 4.99 Å². The molecule has 114 valence electrons. The molecule has 0 bridgehead atoms. The maximum absolute atomic E-state index is 4.41. The van der Waals surface area contributed by atoms with Crippen LogP contribution in [0.4, 0.5) is 0 Å². The fraction of sp³-hybridized carbons (Fsp3) is 0.389. The van der Waals surface area contributed by atoms with Crippen molar-refractivity contribution in [2.24, 2.45) is 4.99 Å². The molecule has 21 heavy (non-hydrogen) atoms. The molecular formula is C18H27N3. The first-order chi connectivity index (χ1) is 9.92. The van der Waals surface area contributed by atoms with E-state index in [1.165, 1.54) is 5.56 Å². The molecule has 0 amide bonds. The third kappa shape index (κ3) is 4.22. The van der Waals surface area contributed by atoms with Gasteiger partial charge in [-0.05, 0) is 25.8 Å². The monoisotopic (exact) mass is 285 g/mol. The number of benzene rings is 1. The van der Waals surface area contributed by atoms with Crippen molar-refractivity contribution in [2.45, 2.75) is 33.2 Å². The van der Waals surface area contributed by atoms with Crippen molar-refractivity contribution in [1.82, 2.24) is 10.2 Å². The Kier molecular flexibility index (Phi) is 6.22. The zero-order valence-electron chi connectivity index (χ0n) is 13.9. The molecule has 0 radical (unpaired) electrons. The van der Waals surface area contributed by atoms with Gasteiger partial charge in [0.15, 0.2) is 0 Å². The Morgan fingerprint density at radius 2 is 2.00 bits per heavy atom. The predicted octanol–water partition coefficient (Wildman–Crippen LogP) is 3.81. The smallest absolute Gasteiger partial charge is 0.133 e. The minimum absolute atomic E-state index is 0.365. The van der Waals surface area contributed by atoms with E-state index in [0.29, 0.717) is 6.04 Å². The minimum atomic E-state index is 0.365. The SMILES string of the molecule is C=C/N=C(/N[C@@H](C)CC)c1cccc(C(=C)N(C)C)c1C. The Balaban J connectivity index is 3.28. The zero-order chi connectivity index (χ0) is 16.0. The van der Waals surface area contributed by atoms with E-state index in [4.69, 9.17) is 0 Å². The van der Waals surface area contributed by atoms with E-state index in [-0.39, 0.29) is 0 Å². The summed E-state index contributed by atoms with van der Waals surface area (Å²) in [6.45, 7) is 14.3. The van der Waals surface area contributed by atoms with Gasteiger partial charge in [0.25, 0.3) is 0 Å². The third-order valence-electron chi connectivity index (χ3n) is 3.66. The maximum Gasteiger partial charge on any atom is 0.133 e. The summed E-state index contributed by atoms with van der Waals surface area (Å²) in [5.41, 5.74) is 4.40. The van der Waals surface area contributed by atoms with Crippen molar-refractivity contribution in [2.75, 3.05) is 14.1 Å². The molecule has 1 N–H and O–H groups in total. The lowest BCUT2D eigenvalue weighted by atomic mass is 9.99. The molecule has 0 saturated carbocycles. The standard InChI is InChI=1S/C18H27N3/c1-8-13(3)20-18(19-9-2)17-12-10-11-16(14(17)4)15(5)21(6)7/h9-13H,2,5,8H2,1,3-4,6-7H3,(H,19,20)/t13-/m0/s1. The number of rotatable bonds is 6. The third-order valence-corrected chi connectivity index (χ3v) is 3.66. The van der Waals surface area contributed by atoms with E-state index in [2.05, 4.69) is 56.4 Å². The zero-order valence-corrected chi connectivity index (χ0v) is 13.9. The Labute approximate surface area is 129 Å². The molecule has 0 aliphatic rings. The number of hydrogen-bond donors (Lipinski definition) is 1. The van der Waals surface area contributed by atoms with Crippen molar-refractivity contribution in [3.63, 3.8) is 0 Å². The highest BCUT2D eigenvalue weighted by molar-refractivity contribution is 6.01. The molecule has 3 nitrogen and oxygen atoms in total. The van der Waals surface area contributed by atoms with Gasteiger partial charge in [0, 0.05) is 43.2 Å². The largest absolute Gasteiger partial charge is 0.378 e. The average molecular weight is 285 g/mol. The molecule has 3 heteroatoms. The van der Waals surface area contributed by atoms with Gasteiger partial charge in [0.05, 0.1) is 0 Å². The summed E-state index contributed by atoms with van der Waals surface area (Å²) in [5.74, 6) is 0.866. The van der Waals surface area contributed by atoms with Crippen molar-refractivity contribution < 1.29 is 0 Å². The van der Waals surface area contributed by atoms with E-state index in [9.17, 15) is 0 Å². The highest BCUT2D eigenvalue weighted by Crippen LogP contribution is 2.22. The first-order valence-corrected chi connectivity index (χ1v) is 7.34. The topological polar surface area (TPSA) is 27.6 Å². The van der Waals surface area contributed by atoms with Crippen LogP contribution >= 0.6 is 0 Å². The van der Waals surface area contributed by atoms with Crippen molar-refractivity contribution in [1.29, 1.82) is 0 Å². The molecular weight excluding hydrogens is 258 g/mol. The van der Waals surface area contributed by atoms with Crippen molar-refractivity contribution >= 4 is 11.5 Å². The number of nitrogens with zero attached hydrogens (tertiary/aromatic N) is 2. The van der Waals surface area contributed by atoms with Crippen molar-refractivity contribution in [3.8, 4) is 0 Å². The summed E-state index contributed by atoms with van der Waals surface area (Å²) in [7, 11) is 4.01. The van der Waals surface area contributed by atoms with E-state index in [1.54, 1.807) is 6.20 Å². The first kappa shape index (κ1) is 17.0. The molecule has 0 unspecified atom stereocenters. The normalized spacial score (nSPS) is 12.7. The van der Waals surface area contributed by atoms with Crippen LogP contribution in [0, 0.1) is 6.92 Å². The number of hydrogen-bond acceptors (Lipinski definition) is 2. The number of amidine groups is 1. The lowest BCUT2D eigenvalue weighted by molar-refractivity contribution is 0.593. The Morgan fingerprint density at radius 3 is 2.52 bits per heavy atom. The molecule has 0 aliphatic carbocycles. The molecule has 0 spiro atoms. The van der Waals surface area contributed by atoms with Crippen LogP contribution in [0.1, 0.15) is 37.0 Å². The molecule has 0 heterocycles. The summed E-state index contributed by atoms with van der Waals surface area (Å²) >= 11 is 0. The van der Waals surface area contributed by atoms with E-state index >= 15 is 0 Å². The maximum atomic E-state index is 4.41. The fourth-order valence-corrected chi connectivity index (χ4v) is 2.06. The van der Waals surface area contributed by atoms with Gasteiger partial charge in [-0.1, -0.05) is 38.3 Å². The number of aliphatic imine (C=N–C) groups is 1. The minimum Gasteiger partial charge on any atom is -0.378 e. The molecule has 0 fully saturated rings. The highest BCUT2D eigenvalue weighted by atomic mass is 15.1. The Hall–Kier alpha value is -2.03. The van der Waals surface area contributed by atoms with E-state index in [1.807, 2.05) is 25.1 Å². The Morgan fingerprint density at radius 1 is 1.38 bits per heavy atom. The van der Waals surface area contributed by atoms with Crippen LogP contribution in [0.3, 0.4) is 0 Å². The van der Waals surface area contributed by atoms with Crippen LogP contribution < -0.4 is 5.32 Å². The molecule has 0 saturated heterocycles. The summed E-state index contributed by atoms with van der Waals surface area (Å²) < 4.78 is 0. The summed E-state index contributed by atoms with van der Waals surface area (Å²) in [5, 5.41) is 3.46. The van der Waals surface area contributed by atoms with Gasteiger partial charge in [0.2, 0.25) is 0 Å². The van der Waals surface area contributed by atoms with Gasteiger partial charge in [0.1, 0.15) is 5.84 Å². The Bertz CT molecular complexity index is 541. The highest BCUT2D eigenvalue weighted by Gasteiger charge is 2.13. The molecule has 1 atom stereocenters. The van der Waals surface area contributed by atoms with Crippen LogP contribution in [0.15, 0.2) is 42.5 Å². The van der Waals surface area contributed by atoms with Gasteiger partial charge in [-0.15, -0.1) is 0 Å². The second-order valence-electron chi connectivity index (χ2n) is 5.43. The molecule has 0 aromatic heterocycles. The van der Waals surface area contributed by atoms with Gasteiger partial charge >= 0.3 is 0 Å². The fourth-order valence-electron chi connectivity index (χ4n) is 2.06. The van der Waals surface area contributed by atoms with E-state index in [0.717, 1.165) is 29.1 Å². The van der Waals surface area contributed by atoms with Gasteiger partial charge < -0.3 is 10.2 Å². The number of nitrogens with one attached hydrogen (secondary N) is 1. The van der Waals surface area contributed by atoms with Crippen LogP contribution in [-0.4, -0.2) is 30.9 Å². The summed E-state index contributed by atoms with van der Waals surface area (Å²) in [6, 6.07) is 6.59. The lowest BCUT2D eigenvalue weighted by Gasteiger charge is -2.21. The quantitative estimate of drug-likeness (QED) is 0.636. The second-order valence-corrected chi connectivity index (χ2v) is 5.43. The van der Waals surface area contributed by atoms with E-state index < -0.39 is 0 Å². The predicted molar refractivity (Wildman–Crippen MR) is 93.5 cm³/mol. The lowest BCUT2D eigenvalue weighted by Crippen LogP contribution is -2.33. The molecule has 1 rings (SSSR count). The van der Waals surface area contributed by atoms with Gasteiger partial charge in [-0.3, -0.25) is 0 Å². The summed E-state index contributed by atoms with van der Waals surface area (Å²) in [4.78, 5) is 6.44. The van der Waals surface area contributed by atoms with Gasteiger partial charge in [-0.2, -0.15) is 0 Å². The summed E-state index contributed by atoms with van der Waals surface area (Å²) in [6.07, 6.45) is 2.62. The van der Waals surface area contributed by atoms with Crippen molar-refractivity contribution in [3.05, 3.63) is 54.2 Å².